The zero-order chi connectivity index (χ0) is 24.1. The molecule has 0 N–H and O–H groups in total. The molecule has 1 aliphatic heterocycles. The predicted octanol–water partition coefficient (Wildman–Crippen LogP) is 3.67. The molecular formula is C27H27N3O4. The standard InChI is InChI=1S/C27H27N3O4/c1-19-11-20(2)13-22(12-19)17-34-26-18-33-24(14-25(26)31)16-29-7-9-30(10-8-29)27(32)23-5-3-21(15-28)4-6-23/h3-6,11-14,18H,7-10,16-17H2,1-2H3. The maximum Gasteiger partial charge on any atom is 0.253 e. The summed E-state index contributed by atoms with van der Waals surface area (Å²) in [4.78, 5) is 29.2. The Morgan fingerprint density at radius 2 is 1.71 bits per heavy atom. The SMILES string of the molecule is Cc1cc(C)cc(COc2coc(CN3CCN(C(=O)c4ccc(C#N)cc4)CC3)cc2=O)c1. The maximum atomic E-state index is 12.7. The van der Waals surface area contributed by atoms with E-state index in [9.17, 15) is 9.59 Å². The highest BCUT2D eigenvalue weighted by atomic mass is 16.5. The van der Waals surface area contributed by atoms with Crippen molar-refractivity contribution in [2.75, 3.05) is 26.2 Å². The van der Waals surface area contributed by atoms with E-state index in [-0.39, 0.29) is 17.1 Å². The molecule has 7 nitrogen and oxygen atoms in total. The van der Waals surface area contributed by atoms with Crippen LogP contribution in [0.4, 0.5) is 0 Å². The molecular weight excluding hydrogens is 430 g/mol. The Labute approximate surface area is 198 Å². The van der Waals surface area contributed by atoms with E-state index in [4.69, 9.17) is 14.4 Å². The van der Waals surface area contributed by atoms with Gasteiger partial charge in [-0.1, -0.05) is 29.3 Å². The van der Waals surface area contributed by atoms with Gasteiger partial charge in [0.25, 0.3) is 5.91 Å². The molecule has 1 saturated heterocycles. The number of nitrogens with zero attached hydrogens (tertiary/aromatic N) is 3. The van der Waals surface area contributed by atoms with Crippen molar-refractivity contribution in [3.8, 4) is 11.8 Å². The zero-order valence-electron chi connectivity index (χ0n) is 19.4. The Kier molecular flexibility index (Phi) is 7.09. The van der Waals surface area contributed by atoms with Crippen molar-refractivity contribution in [3.63, 3.8) is 0 Å². The minimum absolute atomic E-state index is 0.0408. The number of hydrogen-bond acceptors (Lipinski definition) is 6. The Bertz CT molecular complexity index is 1250. The van der Waals surface area contributed by atoms with E-state index in [0.29, 0.717) is 56.2 Å². The largest absolute Gasteiger partial charge is 0.482 e. The molecule has 2 heterocycles. The fourth-order valence-corrected chi connectivity index (χ4v) is 4.14. The van der Waals surface area contributed by atoms with E-state index in [1.807, 2.05) is 26.0 Å². The summed E-state index contributed by atoms with van der Waals surface area (Å²) in [5.74, 6) is 0.720. The van der Waals surface area contributed by atoms with Gasteiger partial charge in [-0.05, 0) is 43.7 Å². The third-order valence-electron chi connectivity index (χ3n) is 5.83. The van der Waals surface area contributed by atoms with Crippen molar-refractivity contribution in [2.45, 2.75) is 27.0 Å². The third-order valence-corrected chi connectivity index (χ3v) is 5.83. The molecule has 2 aromatic carbocycles. The van der Waals surface area contributed by atoms with Crippen molar-refractivity contribution in [1.29, 1.82) is 5.26 Å². The molecule has 0 atom stereocenters. The molecule has 0 spiro atoms. The van der Waals surface area contributed by atoms with Crippen LogP contribution in [0.5, 0.6) is 5.75 Å². The van der Waals surface area contributed by atoms with Crippen LogP contribution in [0.15, 0.2) is 64.0 Å². The second-order valence-electron chi connectivity index (χ2n) is 8.62. The lowest BCUT2D eigenvalue weighted by molar-refractivity contribution is 0.0619. The molecule has 0 unspecified atom stereocenters. The van der Waals surface area contributed by atoms with E-state index >= 15 is 0 Å². The molecule has 1 amide bonds. The topological polar surface area (TPSA) is 86.8 Å². The first-order valence-electron chi connectivity index (χ1n) is 11.2. The molecule has 3 aromatic rings. The van der Waals surface area contributed by atoms with Gasteiger partial charge in [0.2, 0.25) is 11.2 Å². The minimum Gasteiger partial charge on any atom is -0.482 e. The lowest BCUT2D eigenvalue weighted by Crippen LogP contribution is -2.48. The highest BCUT2D eigenvalue weighted by Gasteiger charge is 2.23. The number of carbonyl (C=O) groups excluding carboxylic acids is 1. The van der Waals surface area contributed by atoms with Crippen LogP contribution in [0.25, 0.3) is 0 Å². The van der Waals surface area contributed by atoms with E-state index in [0.717, 1.165) is 16.7 Å². The maximum absolute atomic E-state index is 12.7. The van der Waals surface area contributed by atoms with Gasteiger partial charge in [0.05, 0.1) is 18.2 Å². The predicted molar refractivity (Wildman–Crippen MR) is 128 cm³/mol. The molecule has 1 aromatic heterocycles. The first-order valence-corrected chi connectivity index (χ1v) is 11.2. The second kappa shape index (κ2) is 10.4. The number of carbonyl (C=O) groups is 1. The van der Waals surface area contributed by atoms with Crippen molar-refractivity contribution < 1.29 is 13.9 Å². The Balaban J connectivity index is 1.30. The van der Waals surface area contributed by atoms with Gasteiger partial charge in [0.1, 0.15) is 18.6 Å². The van der Waals surface area contributed by atoms with Gasteiger partial charge in [-0.3, -0.25) is 14.5 Å². The van der Waals surface area contributed by atoms with Gasteiger partial charge in [-0.25, -0.2) is 0 Å². The molecule has 7 heteroatoms. The number of aryl methyl sites for hydroxylation is 2. The van der Waals surface area contributed by atoms with Crippen LogP contribution in [0, 0.1) is 25.2 Å². The van der Waals surface area contributed by atoms with Crippen LogP contribution in [-0.2, 0) is 13.2 Å². The second-order valence-corrected chi connectivity index (χ2v) is 8.62. The van der Waals surface area contributed by atoms with Crippen LogP contribution >= 0.6 is 0 Å². The lowest BCUT2D eigenvalue weighted by atomic mass is 10.1. The highest BCUT2D eigenvalue weighted by Crippen LogP contribution is 2.15. The number of hydrogen-bond donors (Lipinski definition) is 0. The number of nitriles is 1. The Morgan fingerprint density at radius 3 is 2.32 bits per heavy atom. The summed E-state index contributed by atoms with van der Waals surface area (Å²) in [6, 6.07) is 16.4. The van der Waals surface area contributed by atoms with Gasteiger partial charge in [-0.15, -0.1) is 0 Å². The monoisotopic (exact) mass is 457 g/mol. The normalized spacial score (nSPS) is 14.0. The van der Waals surface area contributed by atoms with Crippen molar-refractivity contribution >= 4 is 5.91 Å². The summed E-state index contributed by atoms with van der Waals surface area (Å²) >= 11 is 0. The van der Waals surface area contributed by atoms with Gasteiger partial charge < -0.3 is 14.1 Å². The Morgan fingerprint density at radius 1 is 1.03 bits per heavy atom. The Hall–Kier alpha value is -3.89. The summed E-state index contributed by atoms with van der Waals surface area (Å²) in [6.45, 7) is 7.38. The van der Waals surface area contributed by atoms with E-state index < -0.39 is 0 Å². The first kappa shape index (κ1) is 23.3. The van der Waals surface area contributed by atoms with Crippen LogP contribution in [0.1, 0.15) is 38.4 Å². The smallest absolute Gasteiger partial charge is 0.253 e. The van der Waals surface area contributed by atoms with Crippen LogP contribution in [0.3, 0.4) is 0 Å². The lowest BCUT2D eigenvalue weighted by Gasteiger charge is -2.34. The molecule has 1 aliphatic rings. The summed E-state index contributed by atoms with van der Waals surface area (Å²) < 4.78 is 11.4. The minimum atomic E-state index is -0.208. The molecule has 0 bridgehead atoms. The van der Waals surface area contributed by atoms with Gasteiger partial charge >= 0.3 is 0 Å². The molecule has 34 heavy (non-hydrogen) atoms. The number of rotatable bonds is 6. The van der Waals surface area contributed by atoms with E-state index in [1.54, 1.807) is 29.2 Å². The molecule has 174 valence electrons. The summed E-state index contributed by atoms with van der Waals surface area (Å²) in [5.41, 5.74) is 4.22. The summed E-state index contributed by atoms with van der Waals surface area (Å²) in [7, 11) is 0. The van der Waals surface area contributed by atoms with Gasteiger partial charge in [0.15, 0.2) is 0 Å². The number of piperazine rings is 1. The third kappa shape index (κ3) is 5.72. The van der Waals surface area contributed by atoms with Crippen molar-refractivity contribution in [3.05, 3.63) is 98.6 Å². The quantitative estimate of drug-likeness (QED) is 0.561. The average Bonchev–Trinajstić information content (AvgIpc) is 2.83. The summed E-state index contributed by atoms with van der Waals surface area (Å²) in [6.07, 6.45) is 1.38. The van der Waals surface area contributed by atoms with Crippen molar-refractivity contribution in [1.82, 2.24) is 9.80 Å². The highest BCUT2D eigenvalue weighted by molar-refractivity contribution is 5.94. The molecule has 0 saturated carbocycles. The van der Waals surface area contributed by atoms with Crippen LogP contribution < -0.4 is 10.2 Å². The molecule has 0 radical (unpaired) electrons. The van der Waals surface area contributed by atoms with Crippen LogP contribution in [0.2, 0.25) is 0 Å². The average molecular weight is 458 g/mol. The van der Waals surface area contributed by atoms with E-state index in [1.165, 1.54) is 12.3 Å². The summed E-state index contributed by atoms with van der Waals surface area (Å²) in [5, 5.41) is 8.91. The number of benzene rings is 2. The van der Waals surface area contributed by atoms with Gasteiger partial charge in [0, 0.05) is 37.8 Å². The first-order chi connectivity index (χ1) is 16.4. The van der Waals surface area contributed by atoms with Crippen molar-refractivity contribution in [2.24, 2.45) is 0 Å². The van der Waals surface area contributed by atoms with Gasteiger partial charge in [-0.2, -0.15) is 5.26 Å². The number of amides is 1. The molecule has 0 aliphatic carbocycles. The van der Waals surface area contributed by atoms with Crippen LogP contribution in [-0.4, -0.2) is 41.9 Å². The zero-order valence-corrected chi connectivity index (χ0v) is 19.4. The number of ether oxygens (including phenoxy) is 1. The fourth-order valence-electron chi connectivity index (χ4n) is 4.14. The fraction of sp³-hybridized carbons (Fsp3) is 0.296. The molecule has 4 rings (SSSR count). The van der Waals surface area contributed by atoms with E-state index in [2.05, 4.69) is 17.0 Å². The molecule has 1 fully saturated rings.